The smallest absolute Gasteiger partial charge is 0.261 e. The van der Waals surface area contributed by atoms with E-state index < -0.39 is 21.7 Å². The highest BCUT2D eigenvalue weighted by atomic mass is 79.9. The molecule has 0 aromatic heterocycles. The van der Waals surface area contributed by atoms with Crippen LogP contribution in [0.3, 0.4) is 0 Å². The Labute approximate surface area is 137 Å². The quantitative estimate of drug-likeness (QED) is 0.560. The first-order chi connectivity index (χ1) is 9.72. The Morgan fingerprint density at radius 2 is 1.67 bits per heavy atom. The van der Waals surface area contributed by atoms with Gasteiger partial charge in [-0.3, -0.25) is 4.72 Å². The Hall–Kier alpha value is -0.990. The van der Waals surface area contributed by atoms with E-state index in [1.54, 1.807) is 12.1 Å². The average Bonchev–Trinajstić information content (AvgIpc) is 2.42. The summed E-state index contributed by atoms with van der Waals surface area (Å²) in [5.41, 5.74) is 0.804. The van der Waals surface area contributed by atoms with E-state index in [0.717, 1.165) is 11.6 Å². The van der Waals surface area contributed by atoms with E-state index in [2.05, 4.69) is 36.6 Å². The van der Waals surface area contributed by atoms with E-state index in [0.29, 0.717) is 0 Å². The summed E-state index contributed by atoms with van der Waals surface area (Å²) in [6, 6.07) is 7.00. The molecule has 0 radical (unpaired) electrons. The van der Waals surface area contributed by atoms with Crippen LogP contribution in [0.25, 0.3) is 0 Å². The summed E-state index contributed by atoms with van der Waals surface area (Å²) in [6.45, 7) is 1.83. The van der Waals surface area contributed by atoms with Crippen molar-refractivity contribution in [1.29, 1.82) is 0 Å². The normalized spacial score (nSPS) is 11.5. The second-order valence-electron chi connectivity index (χ2n) is 4.26. The Bertz CT molecular complexity index is 793. The fourth-order valence-corrected chi connectivity index (χ4v) is 4.19. The van der Waals surface area contributed by atoms with Crippen molar-refractivity contribution in [2.75, 3.05) is 4.72 Å². The molecule has 0 amide bonds. The molecule has 2 rings (SSSR count). The van der Waals surface area contributed by atoms with E-state index in [-0.39, 0.29) is 19.5 Å². The van der Waals surface area contributed by atoms with Gasteiger partial charge in [0.05, 0.1) is 15.1 Å². The Kier molecular flexibility index (Phi) is 4.69. The molecular weight excluding hydrogens is 432 g/mol. The van der Waals surface area contributed by atoms with Crippen LogP contribution in [0.5, 0.6) is 0 Å². The minimum atomic E-state index is -3.90. The van der Waals surface area contributed by atoms with E-state index in [1.165, 1.54) is 12.1 Å². The number of hydrogen-bond acceptors (Lipinski definition) is 2. The fourth-order valence-electron chi connectivity index (χ4n) is 1.57. The third-order valence-electron chi connectivity index (χ3n) is 2.68. The average molecular weight is 441 g/mol. The summed E-state index contributed by atoms with van der Waals surface area (Å²) < 4.78 is 53.2. The summed E-state index contributed by atoms with van der Waals surface area (Å²) in [7, 11) is -3.90. The Balaban J connectivity index is 2.47. The van der Waals surface area contributed by atoms with Gasteiger partial charge in [-0.1, -0.05) is 17.7 Å². The van der Waals surface area contributed by atoms with Gasteiger partial charge in [-0.25, -0.2) is 17.2 Å². The highest BCUT2D eigenvalue weighted by Gasteiger charge is 2.21. The topological polar surface area (TPSA) is 46.2 Å². The van der Waals surface area contributed by atoms with Crippen LogP contribution < -0.4 is 4.72 Å². The molecule has 0 aliphatic carbocycles. The lowest BCUT2D eigenvalue weighted by atomic mass is 10.2. The van der Waals surface area contributed by atoms with Crippen molar-refractivity contribution in [1.82, 2.24) is 0 Å². The molecule has 3 nitrogen and oxygen atoms in total. The number of halogens is 4. The molecule has 112 valence electrons. The number of hydrogen-bond donors (Lipinski definition) is 1. The second kappa shape index (κ2) is 6.02. The summed E-state index contributed by atoms with van der Waals surface area (Å²) in [4.78, 5) is 0.0247. The first-order valence-corrected chi connectivity index (χ1v) is 8.72. The SMILES string of the molecule is Cc1ccc(S(=O)(=O)Nc2c(Br)cc(F)c(F)c2Br)cc1. The second-order valence-corrected chi connectivity index (χ2v) is 7.59. The predicted octanol–water partition coefficient (Wildman–Crippen LogP) is 4.60. The summed E-state index contributed by atoms with van der Waals surface area (Å²) >= 11 is 5.85. The molecule has 0 unspecified atom stereocenters. The van der Waals surface area contributed by atoms with Crippen molar-refractivity contribution in [3.05, 3.63) is 56.5 Å². The minimum absolute atomic E-state index is 0.0247. The maximum Gasteiger partial charge on any atom is 0.261 e. The van der Waals surface area contributed by atoms with Gasteiger partial charge in [0.15, 0.2) is 11.6 Å². The van der Waals surface area contributed by atoms with Crippen LogP contribution in [0.1, 0.15) is 5.56 Å². The van der Waals surface area contributed by atoms with Crippen LogP contribution in [-0.2, 0) is 10.0 Å². The highest BCUT2D eigenvalue weighted by molar-refractivity contribution is 9.11. The molecule has 8 heteroatoms. The van der Waals surface area contributed by atoms with Crippen LogP contribution in [-0.4, -0.2) is 8.42 Å². The zero-order chi connectivity index (χ0) is 15.8. The lowest BCUT2D eigenvalue weighted by molar-refractivity contribution is 0.504. The van der Waals surface area contributed by atoms with E-state index in [9.17, 15) is 17.2 Å². The van der Waals surface area contributed by atoms with Crippen LogP contribution in [0.15, 0.2) is 44.2 Å². The largest absolute Gasteiger partial charge is 0.277 e. The van der Waals surface area contributed by atoms with Crippen LogP contribution in [0, 0.1) is 18.6 Å². The van der Waals surface area contributed by atoms with Gasteiger partial charge in [0.25, 0.3) is 10.0 Å². The van der Waals surface area contributed by atoms with E-state index in [1.807, 2.05) is 6.92 Å². The zero-order valence-electron chi connectivity index (χ0n) is 10.6. The van der Waals surface area contributed by atoms with Crippen molar-refractivity contribution >= 4 is 47.6 Å². The molecule has 0 saturated heterocycles. The van der Waals surface area contributed by atoms with Gasteiger partial charge in [-0.05, 0) is 57.0 Å². The molecule has 2 aromatic rings. The summed E-state index contributed by atoms with van der Waals surface area (Å²) in [5.74, 6) is -2.26. The van der Waals surface area contributed by atoms with E-state index >= 15 is 0 Å². The first-order valence-electron chi connectivity index (χ1n) is 5.65. The Morgan fingerprint density at radius 3 is 2.24 bits per heavy atom. The van der Waals surface area contributed by atoms with Gasteiger partial charge in [0.1, 0.15) is 0 Å². The maximum absolute atomic E-state index is 13.5. The molecular formula is C13H9Br2F2NO2S. The van der Waals surface area contributed by atoms with Crippen molar-refractivity contribution < 1.29 is 17.2 Å². The highest BCUT2D eigenvalue weighted by Crippen LogP contribution is 2.36. The number of nitrogens with one attached hydrogen (secondary N) is 1. The standard InChI is InChI=1S/C13H9Br2F2NO2S/c1-7-2-4-8(5-3-7)21(19,20)18-13-9(14)6-10(16)12(17)11(13)15/h2-6,18H,1H3. The lowest BCUT2D eigenvalue weighted by Gasteiger charge is -2.12. The molecule has 0 aliphatic rings. The van der Waals surface area contributed by atoms with Gasteiger partial charge >= 0.3 is 0 Å². The minimum Gasteiger partial charge on any atom is -0.277 e. The predicted molar refractivity (Wildman–Crippen MR) is 83.7 cm³/mol. The van der Waals surface area contributed by atoms with Crippen molar-refractivity contribution in [3.63, 3.8) is 0 Å². The van der Waals surface area contributed by atoms with Crippen molar-refractivity contribution in [2.45, 2.75) is 11.8 Å². The van der Waals surface area contributed by atoms with Crippen LogP contribution in [0.4, 0.5) is 14.5 Å². The fraction of sp³-hybridized carbons (Fsp3) is 0.0769. The molecule has 21 heavy (non-hydrogen) atoms. The molecule has 1 N–H and O–H groups in total. The van der Waals surface area contributed by atoms with Gasteiger partial charge in [0.2, 0.25) is 0 Å². The Morgan fingerprint density at radius 1 is 1.10 bits per heavy atom. The third-order valence-corrected chi connectivity index (χ3v) is 5.42. The molecule has 0 heterocycles. The van der Waals surface area contributed by atoms with Crippen LogP contribution in [0.2, 0.25) is 0 Å². The maximum atomic E-state index is 13.5. The number of rotatable bonds is 3. The molecule has 0 atom stereocenters. The zero-order valence-corrected chi connectivity index (χ0v) is 14.6. The van der Waals surface area contributed by atoms with E-state index in [4.69, 9.17) is 0 Å². The number of aryl methyl sites for hydroxylation is 1. The molecule has 0 bridgehead atoms. The third kappa shape index (κ3) is 3.44. The number of anilines is 1. The molecule has 0 fully saturated rings. The number of benzene rings is 2. The van der Waals surface area contributed by atoms with Crippen LogP contribution >= 0.6 is 31.9 Å². The van der Waals surface area contributed by atoms with Gasteiger partial charge in [-0.15, -0.1) is 0 Å². The van der Waals surface area contributed by atoms with Gasteiger partial charge in [0, 0.05) is 4.47 Å². The van der Waals surface area contributed by atoms with Crippen molar-refractivity contribution in [2.24, 2.45) is 0 Å². The lowest BCUT2D eigenvalue weighted by Crippen LogP contribution is -2.14. The monoisotopic (exact) mass is 439 g/mol. The molecule has 0 aliphatic heterocycles. The summed E-state index contributed by atoms with van der Waals surface area (Å²) in [6.07, 6.45) is 0. The summed E-state index contributed by atoms with van der Waals surface area (Å²) in [5, 5.41) is 0. The first kappa shape index (κ1) is 16.4. The van der Waals surface area contributed by atoms with Gasteiger partial charge < -0.3 is 0 Å². The molecule has 0 spiro atoms. The molecule has 2 aromatic carbocycles. The molecule has 0 saturated carbocycles. The van der Waals surface area contributed by atoms with Crippen molar-refractivity contribution in [3.8, 4) is 0 Å². The van der Waals surface area contributed by atoms with Gasteiger partial charge in [-0.2, -0.15) is 0 Å². The number of sulfonamides is 1.